The Morgan fingerprint density at radius 3 is 2.45 bits per heavy atom. The van der Waals surface area contributed by atoms with Crippen molar-refractivity contribution in [3.05, 3.63) is 0 Å². The Bertz CT molecular complexity index is 396. The Balaban J connectivity index is 0.000000123. The van der Waals surface area contributed by atoms with Gasteiger partial charge in [-0.05, 0) is 61.9 Å². The van der Waals surface area contributed by atoms with Crippen LogP contribution in [0.25, 0.3) is 0 Å². The predicted octanol–water partition coefficient (Wildman–Crippen LogP) is 1.71. The molecule has 4 nitrogen and oxygen atoms in total. The minimum atomic E-state index is -0.692. The van der Waals surface area contributed by atoms with E-state index in [1.54, 1.807) is 0 Å². The standard InChI is InChI=1S/C8H13NO2.C8H15N/c1-8(2)4-3-9-6(5(4)8)7(10)11;1-6-8-4-2-3-7(8)5-9-6/h4-6,9H,3H2,1-2H3,(H,10,11);6-9H,2-5H2,1H3/t4-,5-,6-;6-,7+,8-/m01/s1. The highest BCUT2D eigenvalue weighted by Gasteiger charge is 2.65. The van der Waals surface area contributed by atoms with Gasteiger partial charge in [0.05, 0.1) is 0 Å². The van der Waals surface area contributed by atoms with Gasteiger partial charge in [0.15, 0.2) is 0 Å². The van der Waals surface area contributed by atoms with Gasteiger partial charge in [-0.3, -0.25) is 4.79 Å². The number of aliphatic carboxylic acids is 1. The highest BCUT2D eigenvalue weighted by Crippen LogP contribution is 2.62. The monoisotopic (exact) mass is 280 g/mol. The van der Waals surface area contributed by atoms with Gasteiger partial charge >= 0.3 is 5.97 Å². The van der Waals surface area contributed by atoms with Crippen molar-refractivity contribution in [2.45, 2.75) is 52.1 Å². The van der Waals surface area contributed by atoms with Crippen molar-refractivity contribution >= 4 is 5.97 Å². The topological polar surface area (TPSA) is 61.4 Å². The highest BCUT2D eigenvalue weighted by atomic mass is 16.4. The summed E-state index contributed by atoms with van der Waals surface area (Å²) in [6.45, 7) is 8.81. The van der Waals surface area contributed by atoms with Crippen molar-refractivity contribution in [1.29, 1.82) is 0 Å². The van der Waals surface area contributed by atoms with Crippen molar-refractivity contribution in [2.75, 3.05) is 13.1 Å². The van der Waals surface area contributed by atoms with Crippen LogP contribution in [-0.2, 0) is 4.79 Å². The molecule has 0 aromatic rings. The van der Waals surface area contributed by atoms with Gasteiger partial charge in [0, 0.05) is 6.04 Å². The maximum atomic E-state index is 10.7. The zero-order valence-electron chi connectivity index (χ0n) is 12.9. The zero-order chi connectivity index (χ0) is 14.5. The van der Waals surface area contributed by atoms with E-state index < -0.39 is 5.97 Å². The van der Waals surface area contributed by atoms with Crippen LogP contribution in [0.2, 0.25) is 0 Å². The summed E-state index contributed by atoms with van der Waals surface area (Å²) in [5, 5.41) is 15.3. The fourth-order valence-corrected chi connectivity index (χ4v) is 4.93. The Hall–Kier alpha value is -0.610. The van der Waals surface area contributed by atoms with Crippen LogP contribution in [-0.4, -0.2) is 36.2 Å². The molecular formula is C16H28N2O2. The van der Waals surface area contributed by atoms with E-state index in [0.29, 0.717) is 11.8 Å². The molecule has 2 saturated carbocycles. The number of rotatable bonds is 1. The van der Waals surface area contributed by atoms with E-state index in [4.69, 9.17) is 5.11 Å². The average Bonchev–Trinajstić information content (AvgIpc) is 2.90. The van der Waals surface area contributed by atoms with Crippen LogP contribution in [0.15, 0.2) is 0 Å². The molecule has 3 N–H and O–H groups in total. The first-order valence-corrected chi connectivity index (χ1v) is 8.12. The molecule has 2 aliphatic carbocycles. The lowest BCUT2D eigenvalue weighted by Crippen LogP contribution is -2.37. The molecule has 2 saturated heterocycles. The maximum Gasteiger partial charge on any atom is 0.321 e. The molecule has 4 aliphatic rings. The Labute approximate surface area is 121 Å². The molecule has 4 rings (SSSR count). The molecule has 0 radical (unpaired) electrons. The Morgan fingerprint density at radius 1 is 1.20 bits per heavy atom. The minimum absolute atomic E-state index is 0.272. The quantitative estimate of drug-likeness (QED) is 0.684. The van der Waals surface area contributed by atoms with E-state index in [1.165, 1.54) is 25.8 Å². The third-order valence-corrected chi connectivity index (χ3v) is 6.38. The first-order valence-electron chi connectivity index (χ1n) is 8.12. The third-order valence-electron chi connectivity index (χ3n) is 6.38. The van der Waals surface area contributed by atoms with Gasteiger partial charge in [-0.1, -0.05) is 20.3 Å². The van der Waals surface area contributed by atoms with Crippen LogP contribution >= 0.6 is 0 Å². The summed E-state index contributed by atoms with van der Waals surface area (Å²) in [4.78, 5) is 10.7. The molecule has 0 aromatic carbocycles. The van der Waals surface area contributed by atoms with E-state index in [-0.39, 0.29) is 11.5 Å². The number of piperidine rings is 1. The minimum Gasteiger partial charge on any atom is -0.480 e. The fraction of sp³-hybridized carbons (Fsp3) is 0.938. The van der Waals surface area contributed by atoms with Crippen LogP contribution in [0.3, 0.4) is 0 Å². The average molecular weight is 280 g/mol. The summed E-state index contributed by atoms with van der Waals surface area (Å²) in [5.41, 5.74) is 0.272. The molecule has 114 valence electrons. The van der Waals surface area contributed by atoms with E-state index >= 15 is 0 Å². The number of carbonyl (C=O) groups is 1. The smallest absolute Gasteiger partial charge is 0.321 e. The second-order valence-electron chi connectivity index (χ2n) is 7.73. The van der Waals surface area contributed by atoms with Crippen molar-refractivity contribution in [3.63, 3.8) is 0 Å². The molecule has 4 heteroatoms. The molecule has 0 spiro atoms. The van der Waals surface area contributed by atoms with E-state index in [0.717, 1.165) is 24.4 Å². The normalized spacial score (nSPS) is 47.1. The zero-order valence-corrected chi connectivity index (χ0v) is 12.9. The van der Waals surface area contributed by atoms with Gasteiger partial charge < -0.3 is 15.7 Å². The van der Waals surface area contributed by atoms with Crippen molar-refractivity contribution in [1.82, 2.24) is 10.6 Å². The molecule has 4 fully saturated rings. The van der Waals surface area contributed by atoms with Crippen LogP contribution in [0.4, 0.5) is 0 Å². The number of hydrogen-bond donors (Lipinski definition) is 3. The molecule has 20 heavy (non-hydrogen) atoms. The van der Waals surface area contributed by atoms with Crippen LogP contribution < -0.4 is 10.6 Å². The van der Waals surface area contributed by atoms with Crippen LogP contribution in [0, 0.1) is 29.1 Å². The van der Waals surface area contributed by atoms with Gasteiger partial charge in [0.25, 0.3) is 0 Å². The van der Waals surface area contributed by atoms with Gasteiger partial charge in [-0.15, -0.1) is 0 Å². The van der Waals surface area contributed by atoms with Gasteiger partial charge in [-0.2, -0.15) is 0 Å². The van der Waals surface area contributed by atoms with Crippen molar-refractivity contribution in [3.8, 4) is 0 Å². The first-order chi connectivity index (χ1) is 9.43. The first kappa shape index (κ1) is 14.3. The van der Waals surface area contributed by atoms with E-state index in [1.807, 2.05) is 0 Å². The van der Waals surface area contributed by atoms with Crippen LogP contribution in [0.1, 0.15) is 40.0 Å². The molecule has 0 aromatic heterocycles. The molecule has 2 heterocycles. The van der Waals surface area contributed by atoms with E-state index in [2.05, 4.69) is 31.4 Å². The van der Waals surface area contributed by atoms with Crippen LogP contribution in [0.5, 0.6) is 0 Å². The predicted molar refractivity (Wildman–Crippen MR) is 78.5 cm³/mol. The number of carboxylic acid groups (broad SMARTS) is 1. The fourth-order valence-electron chi connectivity index (χ4n) is 4.93. The molecule has 0 amide bonds. The third kappa shape index (κ3) is 2.27. The summed E-state index contributed by atoms with van der Waals surface area (Å²) in [6.07, 6.45) is 4.46. The molecule has 2 aliphatic heterocycles. The summed E-state index contributed by atoms with van der Waals surface area (Å²) < 4.78 is 0. The lowest BCUT2D eigenvalue weighted by molar-refractivity contribution is -0.139. The maximum absolute atomic E-state index is 10.7. The number of hydrogen-bond acceptors (Lipinski definition) is 3. The lowest BCUT2D eigenvalue weighted by atomic mass is 9.95. The van der Waals surface area contributed by atoms with Gasteiger partial charge in [0.2, 0.25) is 0 Å². The highest BCUT2D eigenvalue weighted by molar-refractivity contribution is 5.75. The summed E-state index contributed by atoms with van der Waals surface area (Å²) in [6, 6.07) is 0.535. The molecular weight excluding hydrogens is 252 g/mol. The second-order valence-corrected chi connectivity index (χ2v) is 7.73. The van der Waals surface area contributed by atoms with Gasteiger partial charge in [-0.25, -0.2) is 0 Å². The molecule has 0 bridgehead atoms. The lowest BCUT2D eigenvalue weighted by Gasteiger charge is -2.14. The Kier molecular flexibility index (Phi) is 3.57. The van der Waals surface area contributed by atoms with E-state index in [9.17, 15) is 4.79 Å². The number of nitrogens with one attached hydrogen (secondary N) is 2. The molecule has 0 unspecified atom stereocenters. The summed E-state index contributed by atoms with van der Waals surface area (Å²) >= 11 is 0. The largest absolute Gasteiger partial charge is 0.480 e. The SMILES string of the molecule is CC1(C)[C@@H]2[C@@H](C(=O)O)NC[C@@H]21.C[C@H]1NC[C@@H]2CCC[C@@H]21. The molecule has 6 atom stereocenters. The number of fused-ring (bicyclic) bond motifs is 2. The number of carboxylic acids is 1. The van der Waals surface area contributed by atoms with Crippen molar-refractivity contribution in [2.24, 2.45) is 29.1 Å². The Morgan fingerprint density at radius 2 is 1.95 bits per heavy atom. The second kappa shape index (κ2) is 4.99. The van der Waals surface area contributed by atoms with Gasteiger partial charge in [0.1, 0.15) is 6.04 Å². The summed E-state index contributed by atoms with van der Waals surface area (Å²) in [7, 11) is 0. The summed E-state index contributed by atoms with van der Waals surface area (Å²) in [5.74, 6) is 2.36. The van der Waals surface area contributed by atoms with Crippen molar-refractivity contribution < 1.29 is 9.90 Å².